The molecule has 0 saturated carbocycles. The first-order chi connectivity index (χ1) is 20.1. The van der Waals surface area contributed by atoms with Crippen LogP contribution in [0.15, 0.2) is 81.2 Å². The van der Waals surface area contributed by atoms with Crippen molar-refractivity contribution in [3.05, 3.63) is 109 Å². The second-order valence-electron chi connectivity index (χ2n) is 16.2. The number of allylic oxidation sites excluding steroid dienone is 4. The van der Waals surface area contributed by atoms with E-state index < -0.39 is 31.5 Å². The van der Waals surface area contributed by atoms with Crippen molar-refractivity contribution in [1.82, 2.24) is 0 Å². The third-order valence-electron chi connectivity index (χ3n) is 9.94. The minimum absolute atomic E-state index is 0. The standard InChI is InChI=1S/C21H25.C11H17.C7H4F3.CH2.2ClH.Zr/c1-20(2,3)16-9-7-14-11-15-8-10-17(21(4,5)6)13-19(15)18(14)12-16;1-8-6-9(2)10(7-8)11(3,4)5;8-7(9,10)6-4-2-1-3-5-6;;;;/h7-13H,1-6H3;7-8H,1-5H3;2-5H;1H2;2*1H;/q;;;;;;+2/p-2. The van der Waals surface area contributed by atoms with Crippen LogP contribution in [0.2, 0.25) is 0 Å². The fraction of sp³-hybridized carbons (Fsp3) is 0.425. The molecule has 3 aromatic carbocycles. The molecule has 0 spiro atoms. The molecule has 3 aromatic rings. The average molecular weight is 748 g/mol. The molecule has 0 radical (unpaired) electrons. The minimum atomic E-state index is -4.38. The summed E-state index contributed by atoms with van der Waals surface area (Å²) >= 11 is -4.11. The largest absolute Gasteiger partial charge is 1.00 e. The van der Waals surface area contributed by atoms with Crippen molar-refractivity contribution in [3.8, 4) is 11.1 Å². The number of hydrogen-bond donors (Lipinski definition) is 0. The van der Waals surface area contributed by atoms with Gasteiger partial charge in [-0.3, -0.25) is 0 Å². The molecule has 0 fully saturated rings. The van der Waals surface area contributed by atoms with E-state index in [1.807, 2.05) is 0 Å². The van der Waals surface area contributed by atoms with Gasteiger partial charge >= 0.3 is 269 Å². The van der Waals surface area contributed by atoms with E-state index in [4.69, 9.17) is 4.21 Å². The van der Waals surface area contributed by atoms with Crippen LogP contribution in [0.25, 0.3) is 11.1 Å². The summed E-state index contributed by atoms with van der Waals surface area (Å²) < 4.78 is 49.0. The predicted octanol–water partition coefficient (Wildman–Crippen LogP) is 5.19. The van der Waals surface area contributed by atoms with Crippen molar-refractivity contribution in [2.45, 2.75) is 96.8 Å². The molecule has 0 aliphatic heterocycles. The van der Waals surface area contributed by atoms with Gasteiger partial charge in [0.05, 0.1) is 0 Å². The average Bonchev–Trinajstić information content (AvgIpc) is 3.40. The molecule has 0 saturated heterocycles. The normalized spacial score (nSPS) is 17.6. The summed E-state index contributed by atoms with van der Waals surface area (Å²) in [7, 11) is 0. The summed E-state index contributed by atoms with van der Waals surface area (Å²) in [6.07, 6.45) is -1.98. The third kappa shape index (κ3) is 6.62. The Bertz CT molecular complexity index is 1670. The van der Waals surface area contributed by atoms with Crippen LogP contribution in [0.1, 0.15) is 108 Å². The third-order valence-corrected chi connectivity index (χ3v) is 21.6. The predicted molar refractivity (Wildman–Crippen MR) is 179 cm³/mol. The molecule has 46 heavy (non-hydrogen) atoms. The molecular weight excluding hydrogens is 700 g/mol. The van der Waals surface area contributed by atoms with Gasteiger partial charge in [-0.2, -0.15) is 0 Å². The number of hydrogen-bond acceptors (Lipinski definition) is 0. The van der Waals surface area contributed by atoms with Gasteiger partial charge in [0.25, 0.3) is 0 Å². The quantitative estimate of drug-likeness (QED) is 0.347. The van der Waals surface area contributed by atoms with Crippen LogP contribution in [0.5, 0.6) is 0 Å². The molecule has 0 N–H and O–H groups in total. The first-order valence-electron chi connectivity index (χ1n) is 15.8. The second-order valence-corrected chi connectivity index (χ2v) is 25.2. The molecule has 5 rings (SSSR count). The Labute approximate surface area is 291 Å². The van der Waals surface area contributed by atoms with Gasteiger partial charge in [-0.25, -0.2) is 0 Å². The summed E-state index contributed by atoms with van der Waals surface area (Å²) in [6.45, 7) is 24.7. The van der Waals surface area contributed by atoms with E-state index in [1.54, 1.807) is 12.1 Å². The van der Waals surface area contributed by atoms with Crippen molar-refractivity contribution in [1.29, 1.82) is 0 Å². The summed E-state index contributed by atoms with van der Waals surface area (Å²) in [5.41, 5.74) is 9.59. The molecule has 0 heterocycles. The molecule has 6 heteroatoms. The summed E-state index contributed by atoms with van der Waals surface area (Å²) in [6, 6.07) is 20.0. The van der Waals surface area contributed by atoms with Crippen molar-refractivity contribution in [3.63, 3.8) is 0 Å². The van der Waals surface area contributed by atoms with E-state index in [9.17, 15) is 13.2 Å². The van der Waals surface area contributed by atoms with Crippen LogP contribution in [0, 0.1) is 11.3 Å². The Morgan fingerprint density at radius 3 is 1.39 bits per heavy atom. The number of alkyl halides is 3. The summed E-state index contributed by atoms with van der Waals surface area (Å²) in [4.78, 5) is 0. The van der Waals surface area contributed by atoms with E-state index in [0.717, 1.165) is 3.27 Å². The van der Waals surface area contributed by atoms with E-state index in [2.05, 4.69) is 119 Å². The molecule has 0 aromatic heterocycles. The Kier molecular flexibility index (Phi) is 10.6. The van der Waals surface area contributed by atoms with E-state index in [1.165, 1.54) is 59.9 Å². The summed E-state index contributed by atoms with van der Waals surface area (Å²) in [5, 5.41) is 0. The van der Waals surface area contributed by atoms with Gasteiger partial charge in [0, 0.05) is 0 Å². The van der Waals surface area contributed by atoms with E-state index >= 15 is 0 Å². The van der Waals surface area contributed by atoms with E-state index in [0.29, 0.717) is 0 Å². The fourth-order valence-electron chi connectivity index (χ4n) is 7.65. The zero-order chi connectivity index (χ0) is 32.8. The van der Waals surface area contributed by atoms with Gasteiger partial charge in [-0.15, -0.1) is 0 Å². The van der Waals surface area contributed by atoms with Gasteiger partial charge in [-0.1, -0.05) is 0 Å². The minimum Gasteiger partial charge on any atom is -1.00 e. The summed E-state index contributed by atoms with van der Waals surface area (Å²) in [5.74, 6) is 0.176. The van der Waals surface area contributed by atoms with Gasteiger partial charge in [0.15, 0.2) is 0 Å². The second kappa shape index (κ2) is 12.6. The van der Waals surface area contributed by atoms with Crippen LogP contribution in [0.3, 0.4) is 0 Å². The Morgan fingerprint density at radius 2 is 1.04 bits per heavy atom. The van der Waals surface area contributed by atoms with Crippen LogP contribution in [-0.2, 0) is 36.8 Å². The van der Waals surface area contributed by atoms with Crippen molar-refractivity contribution in [2.75, 3.05) is 0 Å². The number of rotatable bonds is 3. The van der Waals surface area contributed by atoms with Crippen LogP contribution in [-0.4, -0.2) is 4.21 Å². The van der Waals surface area contributed by atoms with Crippen LogP contribution in [0.4, 0.5) is 13.2 Å². The monoisotopic (exact) mass is 745 g/mol. The molecular formula is C40H48Cl2F3Zr. The number of fused-ring (bicyclic) bond motifs is 3. The maximum atomic E-state index is 13.8. The maximum absolute atomic E-state index is 13.8. The van der Waals surface area contributed by atoms with Gasteiger partial charge in [0.1, 0.15) is 0 Å². The van der Waals surface area contributed by atoms with Gasteiger partial charge in [-0.05, 0) is 0 Å². The molecule has 247 valence electrons. The molecule has 0 bridgehead atoms. The molecule has 2 unspecified atom stereocenters. The Morgan fingerprint density at radius 1 is 0.630 bits per heavy atom. The smallest absolute Gasteiger partial charge is 1.00 e. The molecule has 0 amide bonds. The van der Waals surface area contributed by atoms with Crippen molar-refractivity contribution >= 4 is 7.48 Å². The Hall–Kier alpha value is -1.74. The first-order valence-corrected chi connectivity index (χ1v) is 21.4. The van der Waals surface area contributed by atoms with Crippen LogP contribution >= 0.6 is 0 Å². The maximum Gasteiger partial charge on any atom is -1.00 e. The molecule has 0 nitrogen and oxygen atoms in total. The first kappa shape index (κ1) is 38.7. The topological polar surface area (TPSA) is 0 Å². The molecule has 2 aliphatic rings. The van der Waals surface area contributed by atoms with Gasteiger partial charge < -0.3 is 24.8 Å². The molecule has 2 atom stereocenters. The van der Waals surface area contributed by atoms with Gasteiger partial charge in [0.2, 0.25) is 0 Å². The van der Waals surface area contributed by atoms with Crippen LogP contribution < -0.4 is 28.1 Å². The fourth-order valence-corrected chi connectivity index (χ4v) is 19.9. The SMILES string of the molecule is [CH2]=[Zr+2]([C]1=C(C)C(C(C)(C)C)=CC1C)([c]1ccc(C(F)(F)F)cc1)[CH]1c2ccc(C(C)(C)C)cc2-c2cc(C(C)(C)C)ccc21.[Cl-].[Cl-]. The molecule has 2 aliphatic carbocycles. The van der Waals surface area contributed by atoms with E-state index in [-0.39, 0.29) is 50.6 Å². The zero-order valence-corrected chi connectivity index (χ0v) is 33.1. The zero-order valence-electron chi connectivity index (χ0n) is 29.1. The van der Waals surface area contributed by atoms with Crippen molar-refractivity contribution in [2.24, 2.45) is 11.3 Å². The number of halogens is 5. The number of benzene rings is 3. The Balaban J connectivity index is 0.00000288. The van der Waals surface area contributed by atoms with Crippen molar-refractivity contribution < 1.29 is 57.8 Å².